The number of nitrogens with one attached hydrogen (secondary N) is 2. The first-order valence-electron chi connectivity index (χ1n) is 11.7. The molecule has 3 aromatic rings. The Hall–Kier alpha value is -3.45. The molecule has 1 aromatic carbocycles. The van der Waals surface area contributed by atoms with Crippen molar-refractivity contribution in [1.82, 2.24) is 25.5 Å². The molecule has 1 aliphatic heterocycles. The van der Waals surface area contributed by atoms with Crippen LogP contribution in [0, 0.1) is 5.95 Å². The van der Waals surface area contributed by atoms with Crippen molar-refractivity contribution in [1.29, 1.82) is 0 Å². The molecule has 1 aliphatic carbocycles. The first kappa shape index (κ1) is 25.2. The van der Waals surface area contributed by atoms with E-state index in [4.69, 9.17) is 0 Å². The smallest absolute Gasteiger partial charge is 0.245 e. The second-order valence-corrected chi connectivity index (χ2v) is 12.6. The Morgan fingerprint density at radius 1 is 1.16 bits per heavy atom. The molecule has 3 heterocycles. The number of fused-ring (bicyclic) bond motifs is 1. The summed E-state index contributed by atoms with van der Waals surface area (Å²) in [5.41, 5.74) is 1.89. The molecule has 1 saturated carbocycles. The third-order valence-corrected chi connectivity index (χ3v) is 9.93. The van der Waals surface area contributed by atoms with Gasteiger partial charge in [-0.1, -0.05) is 6.07 Å². The zero-order valence-electron chi connectivity index (χ0n) is 19.8. The van der Waals surface area contributed by atoms with Crippen LogP contribution in [-0.2, 0) is 24.2 Å². The highest BCUT2D eigenvalue weighted by atomic mass is 32.2. The fourth-order valence-electron chi connectivity index (χ4n) is 4.04. The summed E-state index contributed by atoms with van der Waals surface area (Å²) in [4.78, 5) is 46.4. The minimum absolute atomic E-state index is 0.00375. The first-order valence-corrected chi connectivity index (χ1v) is 14.1. The van der Waals surface area contributed by atoms with Crippen molar-refractivity contribution in [2.45, 2.75) is 36.3 Å². The van der Waals surface area contributed by atoms with Crippen LogP contribution in [0.25, 0.3) is 21.3 Å². The molecular weight excluding hydrogens is 521 g/mol. The van der Waals surface area contributed by atoms with E-state index in [1.54, 1.807) is 24.3 Å². The molecule has 1 unspecified atom stereocenters. The van der Waals surface area contributed by atoms with Gasteiger partial charge < -0.3 is 15.5 Å². The summed E-state index contributed by atoms with van der Waals surface area (Å²) in [6.07, 6.45) is 3.16. The van der Waals surface area contributed by atoms with Crippen molar-refractivity contribution in [3.63, 3.8) is 0 Å². The predicted molar refractivity (Wildman–Crippen MR) is 135 cm³/mol. The zero-order chi connectivity index (χ0) is 26.3. The number of nitrogens with zero attached hydrogens (tertiary/aromatic N) is 3. The van der Waals surface area contributed by atoms with Gasteiger partial charge >= 0.3 is 0 Å². The lowest BCUT2D eigenvalue weighted by molar-refractivity contribution is -0.131. The molecule has 2 N–H and O–H groups in total. The molecule has 0 bridgehead atoms. The topological polar surface area (TPSA) is 138 Å². The largest absolute Gasteiger partial charge is 0.352 e. The van der Waals surface area contributed by atoms with Gasteiger partial charge in [0.2, 0.25) is 23.7 Å². The summed E-state index contributed by atoms with van der Waals surface area (Å²) in [6.45, 7) is 0.998. The zero-order valence-corrected chi connectivity index (χ0v) is 21.4. The third kappa shape index (κ3) is 5.32. The Balaban J connectivity index is 1.44. The molecule has 0 spiro atoms. The second-order valence-electron chi connectivity index (χ2n) is 9.18. The molecule has 3 amide bonds. The van der Waals surface area contributed by atoms with E-state index < -0.39 is 32.2 Å². The molecule has 2 aliphatic rings. The van der Waals surface area contributed by atoms with Crippen LogP contribution in [0.5, 0.6) is 0 Å². The third-order valence-electron chi connectivity index (χ3n) is 6.38. The van der Waals surface area contributed by atoms with Crippen molar-refractivity contribution in [2.24, 2.45) is 0 Å². The number of halogens is 1. The van der Waals surface area contributed by atoms with Crippen LogP contribution < -0.4 is 10.6 Å². The van der Waals surface area contributed by atoms with Crippen LogP contribution in [0.4, 0.5) is 4.39 Å². The Morgan fingerprint density at radius 3 is 2.54 bits per heavy atom. The Morgan fingerprint density at radius 2 is 1.89 bits per heavy atom. The summed E-state index contributed by atoms with van der Waals surface area (Å²) in [7, 11) is -4.10. The van der Waals surface area contributed by atoms with Gasteiger partial charge in [-0.05, 0) is 42.7 Å². The van der Waals surface area contributed by atoms with Gasteiger partial charge in [-0.3, -0.25) is 14.4 Å². The normalized spacial score (nSPS) is 16.8. The highest BCUT2D eigenvalue weighted by Crippen LogP contribution is 2.36. The predicted octanol–water partition coefficient (Wildman–Crippen LogP) is 1.58. The molecule has 2 fully saturated rings. The number of benzene rings is 1. The maximum absolute atomic E-state index is 13.6. The van der Waals surface area contributed by atoms with E-state index >= 15 is 0 Å². The van der Waals surface area contributed by atoms with E-state index in [-0.39, 0.29) is 42.5 Å². The van der Waals surface area contributed by atoms with Crippen LogP contribution in [0.15, 0.2) is 36.5 Å². The lowest BCUT2D eigenvalue weighted by Crippen LogP contribution is -2.58. The van der Waals surface area contributed by atoms with Crippen molar-refractivity contribution < 1.29 is 27.2 Å². The Kier molecular flexibility index (Phi) is 6.67. The standard InChI is InChI=1S/C24H24FN5O5S2/c1-13(31)30-11-17(12-30)37(34,35)22(23(33)27-10-21(32)28-16-4-5-16)24-29-18-6-2-14(8-19(18)36-24)15-3-7-20(25)26-9-15/h2-3,6-9,16-17,22H,4-5,10-12H2,1H3,(H,27,33)(H,28,32). The van der Waals surface area contributed by atoms with E-state index in [2.05, 4.69) is 20.6 Å². The van der Waals surface area contributed by atoms with E-state index in [0.717, 1.165) is 29.7 Å². The average molecular weight is 546 g/mol. The number of sulfone groups is 1. The summed E-state index contributed by atoms with van der Waals surface area (Å²) in [5, 5.41) is 2.73. The fraction of sp³-hybridized carbons (Fsp3) is 0.375. The molecular formula is C24H24FN5O5S2. The fourth-order valence-corrected chi connectivity index (χ4v) is 7.45. The van der Waals surface area contributed by atoms with Gasteiger partial charge in [0, 0.05) is 37.8 Å². The molecule has 10 nitrogen and oxygen atoms in total. The van der Waals surface area contributed by atoms with Crippen LogP contribution in [-0.4, -0.2) is 71.9 Å². The van der Waals surface area contributed by atoms with Crippen molar-refractivity contribution in [3.8, 4) is 11.1 Å². The number of carbonyl (C=O) groups is 3. The number of likely N-dealkylation sites (tertiary alicyclic amines) is 1. The number of thiazole rings is 1. The van der Waals surface area contributed by atoms with Gasteiger partial charge in [0.1, 0.15) is 5.01 Å². The second kappa shape index (κ2) is 9.78. The van der Waals surface area contributed by atoms with Crippen LogP contribution in [0.2, 0.25) is 0 Å². The monoisotopic (exact) mass is 545 g/mol. The maximum atomic E-state index is 13.6. The number of hydrogen-bond acceptors (Lipinski definition) is 8. The number of carbonyl (C=O) groups excluding carboxylic acids is 3. The number of aromatic nitrogens is 2. The van der Waals surface area contributed by atoms with Crippen molar-refractivity contribution in [3.05, 3.63) is 47.5 Å². The maximum Gasteiger partial charge on any atom is 0.245 e. The summed E-state index contributed by atoms with van der Waals surface area (Å²) in [5.74, 6) is -2.07. The first-order chi connectivity index (χ1) is 17.6. The van der Waals surface area contributed by atoms with Gasteiger partial charge in [0.15, 0.2) is 15.1 Å². The SMILES string of the molecule is CC(=O)N1CC(S(=O)(=O)C(C(=O)NCC(=O)NC2CC2)c2nc3ccc(-c4ccc(F)nc4)cc3s2)C1. The minimum atomic E-state index is -4.10. The van der Waals surface area contributed by atoms with E-state index in [0.29, 0.717) is 15.8 Å². The van der Waals surface area contributed by atoms with E-state index in [9.17, 15) is 27.2 Å². The molecule has 5 rings (SSSR count). The van der Waals surface area contributed by atoms with E-state index in [1.807, 2.05) is 0 Å². The summed E-state index contributed by atoms with van der Waals surface area (Å²) >= 11 is 1.06. The van der Waals surface area contributed by atoms with Gasteiger partial charge in [-0.15, -0.1) is 11.3 Å². The highest BCUT2D eigenvalue weighted by Gasteiger charge is 2.47. The molecule has 0 radical (unpaired) electrons. The number of pyridine rings is 1. The summed E-state index contributed by atoms with van der Waals surface area (Å²) in [6, 6.07) is 8.15. The Labute approximate surface area is 216 Å². The van der Waals surface area contributed by atoms with Crippen LogP contribution >= 0.6 is 11.3 Å². The Bertz CT molecular complexity index is 1480. The van der Waals surface area contributed by atoms with E-state index in [1.165, 1.54) is 24.1 Å². The quantitative estimate of drug-likeness (QED) is 0.410. The molecule has 1 atom stereocenters. The lowest BCUT2D eigenvalue weighted by Gasteiger charge is -2.39. The van der Waals surface area contributed by atoms with Gasteiger partial charge in [-0.2, -0.15) is 4.39 Å². The van der Waals surface area contributed by atoms with Gasteiger partial charge in [-0.25, -0.2) is 18.4 Å². The van der Waals surface area contributed by atoms with Crippen LogP contribution in [0.3, 0.4) is 0 Å². The molecule has 1 saturated heterocycles. The molecule has 2 aromatic heterocycles. The molecule has 194 valence electrons. The average Bonchev–Trinajstić information content (AvgIpc) is 3.52. The summed E-state index contributed by atoms with van der Waals surface area (Å²) < 4.78 is 41.0. The van der Waals surface area contributed by atoms with Crippen molar-refractivity contribution in [2.75, 3.05) is 19.6 Å². The van der Waals surface area contributed by atoms with Crippen molar-refractivity contribution >= 4 is 49.1 Å². The molecule has 37 heavy (non-hydrogen) atoms. The number of hydrogen-bond donors (Lipinski definition) is 2. The van der Waals surface area contributed by atoms with Gasteiger partial charge in [0.25, 0.3) is 0 Å². The van der Waals surface area contributed by atoms with Gasteiger partial charge in [0.05, 0.1) is 22.0 Å². The number of rotatable bonds is 8. The number of amides is 3. The lowest BCUT2D eigenvalue weighted by atomic mass is 10.1. The van der Waals surface area contributed by atoms with Crippen LogP contribution in [0.1, 0.15) is 30.0 Å². The molecule has 13 heteroatoms. The highest BCUT2D eigenvalue weighted by molar-refractivity contribution is 7.93. The minimum Gasteiger partial charge on any atom is -0.352 e.